The highest BCUT2D eigenvalue weighted by Gasteiger charge is 2.40. The molecule has 3 unspecified atom stereocenters. The maximum Gasteiger partial charge on any atom is 0.416 e. The summed E-state index contributed by atoms with van der Waals surface area (Å²) in [6.07, 6.45) is -2.76. The summed E-state index contributed by atoms with van der Waals surface area (Å²) in [5, 5.41) is 7.00. The van der Waals surface area contributed by atoms with Crippen LogP contribution in [0.15, 0.2) is 16.6 Å². The van der Waals surface area contributed by atoms with E-state index in [2.05, 4.69) is 41.2 Å². The van der Waals surface area contributed by atoms with Crippen LogP contribution >= 0.6 is 15.9 Å². The molecule has 4 aliphatic rings. The second-order valence-electron chi connectivity index (χ2n) is 12.2. The van der Waals surface area contributed by atoms with Crippen LogP contribution in [-0.4, -0.2) is 76.6 Å². The molecular weight excluding hydrogens is 707 g/mol. The van der Waals surface area contributed by atoms with Crippen molar-refractivity contribution in [3.05, 3.63) is 56.2 Å². The third kappa shape index (κ3) is 6.68. The summed E-state index contributed by atoms with van der Waals surface area (Å²) >= 11 is 3.49. The molecule has 48 heavy (non-hydrogen) atoms. The smallest absolute Gasteiger partial charge is 0.416 e. The molecular formula is C31H36BrF5N8O3. The summed E-state index contributed by atoms with van der Waals surface area (Å²) in [4.78, 5) is 25.4. The van der Waals surface area contributed by atoms with E-state index in [9.17, 15) is 26.7 Å². The molecule has 260 valence electrons. The molecule has 3 atom stereocenters. The third-order valence-electron chi connectivity index (χ3n) is 9.21. The van der Waals surface area contributed by atoms with Crippen molar-refractivity contribution in [2.24, 2.45) is 0 Å². The van der Waals surface area contributed by atoms with E-state index in [-0.39, 0.29) is 30.6 Å². The number of nitrogen functional groups attached to an aromatic ring is 1. The fourth-order valence-corrected chi connectivity index (χ4v) is 7.48. The van der Waals surface area contributed by atoms with Gasteiger partial charge in [0.15, 0.2) is 11.5 Å². The largest absolute Gasteiger partial charge is 0.467 e. The molecule has 0 aliphatic carbocycles. The lowest BCUT2D eigenvalue weighted by Gasteiger charge is -2.31. The number of ether oxygens (including phenoxy) is 2. The lowest BCUT2D eigenvalue weighted by Crippen LogP contribution is -2.29. The molecule has 1 amide bonds. The number of halogens is 6. The van der Waals surface area contributed by atoms with Gasteiger partial charge < -0.3 is 25.4 Å². The second-order valence-corrected chi connectivity index (χ2v) is 13.0. The topological polar surface area (TPSA) is 124 Å². The number of aryl methyl sites for hydroxylation is 1. The Bertz CT molecular complexity index is 1680. The van der Waals surface area contributed by atoms with Gasteiger partial charge in [-0.05, 0) is 60.3 Å². The number of hydrogen-bond acceptors (Lipinski definition) is 9. The molecule has 3 N–H and O–H groups in total. The number of amides is 1. The monoisotopic (exact) mass is 742 g/mol. The average Bonchev–Trinajstić information content (AvgIpc) is 3.68. The summed E-state index contributed by atoms with van der Waals surface area (Å²) < 4.78 is 82.3. The predicted octanol–water partition coefficient (Wildman–Crippen LogP) is 4.96. The molecule has 2 saturated heterocycles. The number of benzene rings is 1. The first-order valence-electron chi connectivity index (χ1n) is 15.7. The van der Waals surface area contributed by atoms with E-state index in [1.807, 2.05) is 4.90 Å². The van der Waals surface area contributed by atoms with Crippen LogP contribution in [0.5, 0.6) is 6.01 Å². The Kier molecular flexibility index (Phi) is 9.82. The number of carbonyl (C=O) groups excluding carboxylic acids is 1. The zero-order valence-corrected chi connectivity index (χ0v) is 28.0. The summed E-state index contributed by atoms with van der Waals surface area (Å²) in [7, 11) is 2.90. The van der Waals surface area contributed by atoms with Crippen molar-refractivity contribution in [2.75, 3.05) is 44.4 Å². The normalized spacial score (nSPS) is 22.2. The first-order chi connectivity index (χ1) is 22.9. The number of carbonyl (C=O) groups is 1. The molecule has 7 rings (SSSR count). The van der Waals surface area contributed by atoms with Gasteiger partial charge in [-0.1, -0.05) is 0 Å². The molecule has 3 aromatic rings. The lowest BCUT2D eigenvalue weighted by atomic mass is 9.94. The van der Waals surface area contributed by atoms with Crippen molar-refractivity contribution in [1.82, 2.24) is 30.0 Å². The number of alkyl halides is 4. The van der Waals surface area contributed by atoms with Gasteiger partial charge in [0.25, 0.3) is 5.91 Å². The minimum absolute atomic E-state index is 0.0105. The van der Waals surface area contributed by atoms with Gasteiger partial charge in [-0.3, -0.25) is 14.4 Å². The van der Waals surface area contributed by atoms with E-state index in [0.29, 0.717) is 60.2 Å². The Morgan fingerprint density at radius 1 is 1.19 bits per heavy atom. The first kappa shape index (κ1) is 34.3. The van der Waals surface area contributed by atoms with Crippen LogP contribution in [0.2, 0.25) is 0 Å². The van der Waals surface area contributed by atoms with Gasteiger partial charge in [0, 0.05) is 50.3 Å². The molecule has 1 aromatic carbocycles. The molecule has 0 bridgehead atoms. The van der Waals surface area contributed by atoms with Crippen molar-refractivity contribution >= 4 is 33.3 Å². The Morgan fingerprint density at radius 2 is 1.98 bits per heavy atom. The number of fused-ring (bicyclic) bond motifs is 3. The predicted molar refractivity (Wildman–Crippen MR) is 169 cm³/mol. The van der Waals surface area contributed by atoms with Gasteiger partial charge in [-0.15, -0.1) is 0 Å². The van der Waals surface area contributed by atoms with Crippen molar-refractivity contribution in [3.8, 4) is 6.01 Å². The van der Waals surface area contributed by atoms with Gasteiger partial charge in [-0.2, -0.15) is 28.2 Å². The quantitative estimate of drug-likeness (QED) is 0.282. The van der Waals surface area contributed by atoms with E-state index < -0.39 is 41.1 Å². The van der Waals surface area contributed by atoms with Crippen molar-refractivity contribution < 1.29 is 36.2 Å². The van der Waals surface area contributed by atoms with Crippen LogP contribution in [0.4, 0.5) is 33.5 Å². The van der Waals surface area contributed by atoms with Crippen LogP contribution in [0.1, 0.15) is 70.4 Å². The Hall–Kier alpha value is -3.57. The summed E-state index contributed by atoms with van der Waals surface area (Å²) in [5.74, 6) is -1.03. The van der Waals surface area contributed by atoms with Crippen LogP contribution in [0.25, 0.3) is 0 Å². The zero-order chi connectivity index (χ0) is 34.3. The molecule has 17 heteroatoms. The van der Waals surface area contributed by atoms with Gasteiger partial charge >= 0.3 is 12.2 Å². The number of aromatic nitrogens is 4. The molecule has 0 spiro atoms. The molecule has 11 nitrogen and oxygen atoms in total. The molecule has 6 heterocycles. The fourth-order valence-electron chi connectivity index (χ4n) is 6.89. The fraction of sp³-hybridized carbons (Fsp3) is 0.548. The van der Waals surface area contributed by atoms with Crippen molar-refractivity contribution in [2.45, 2.75) is 76.3 Å². The van der Waals surface area contributed by atoms with E-state index >= 15 is 0 Å². The maximum atomic E-state index is 15.0. The average molecular weight is 744 g/mol. The van der Waals surface area contributed by atoms with E-state index in [0.717, 1.165) is 30.8 Å². The highest BCUT2D eigenvalue weighted by Crippen LogP contribution is 2.43. The number of rotatable bonds is 4. The van der Waals surface area contributed by atoms with Gasteiger partial charge in [0.1, 0.15) is 12.0 Å². The SMILES string of the molecule is CNC(=O)c1nn2c(c1Br)CN(c1nc(OC)nc3c1COC(c1c(C(F)(F)F)ccc(N)c1F)C3)CCC2.FC1CC2CCCN2C1. The number of hydrogen-bond donors (Lipinski definition) is 2. The third-order valence-corrected chi connectivity index (χ3v) is 10.0. The van der Waals surface area contributed by atoms with Crippen LogP contribution in [-0.2, 0) is 37.0 Å². The Morgan fingerprint density at radius 3 is 2.69 bits per heavy atom. The van der Waals surface area contributed by atoms with E-state index in [1.165, 1.54) is 27.0 Å². The maximum absolute atomic E-state index is 15.0. The number of nitrogens with zero attached hydrogens (tertiary/aromatic N) is 6. The lowest BCUT2D eigenvalue weighted by molar-refractivity contribution is -0.140. The second kappa shape index (κ2) is 13.7. The number of anilines is 2. The van der Waals surface area contributed by atoms with Gasteiger partial charge in [0.2, 0.25) is 0 Å². The minimum atomic E-state index is -4.81. The summed E-state index contributed by atoms with van der Waals surface area (Å²) in [5.41, 5.74) is 5.34. The number of nitrogens with two attached hydrogens (primary N) is 1. The number of methoxy groups -OCH3 is 1. The van der Waals surface area contributed by atoms with Crippen LogP contribution in [0, 0.1) is 5.82 Å². The number of nitrogens with one attached hydrogen (secondary N) is 1. The minimum Gasteiger partial charge on any atom is -0.467 e. The van der Waals surface area contributed by atoms with E-state index in [1.54, 1.807) is 4.68 Å². The first-order valence-corrected chi connectivity index (χ1v) is 16.5. The van der Waals surface area contributed by atoms with E-state index in [4.69, 9.17) is 15.2 Å². The van der Waals surface area contributed by atoms with Gasteiger partial charge in [-0.25, -0.2) is 8.78 Å². The molecule has 2 aromatic heterocycles. The molecule has 0 radical (unpaired) electrons. The van der Waals surface area contributed by atoms with Crippen LogP contribution < -0.4 is 20.7 Å². The molecule has 2 fully saturated rings. The summed E-state index contributed by atoms with van der Waals surface area (Å²) in [6.45, 7) is 3.13. The van der Waals surface area contributed by atoms with Gasteiger partial charge in [0.05, 0.1) is 53.5 Å². The van der Waals surface area contributed by atoms with Crippen LogP contribution in [0.3, 0.4) is 0 Å². The Labute approximate surface area is 282 Å². The highest BCUT2D eigenvalue weighted by atomic mass is 79.9. The van der Waals surface area contributed by atoms with Crippen molar-refractivity contribution in [3.63, 3.8) is 0 Å². The highest BCUT2D eigenvalue weighted by molar-refractivity contribution is 9.10. The zero-order valence-electron chi connectivity index (χ0n) is 26.4. The standard InChI is InChI=1S/C24H24BrF4N7O3.C7H12FN/c1-31-22(37)20-18(25)15-9-35(6-3-7-36(15)34-20)21-11-10-39-16(8-14(11)32-23(33-21)38-2)17-12(24(27,28)29)4-5-13(30)19(17)26;8-6-4-7-2-1-3-9(7)5-6/h4-5,16H,3,6-10,30H2,1-2H3,(H,31,37);6-7H,1-5H2. The molecule has 0 saturated carbocycles. The summed E-state index contributed by atoms with van der Waals surface area (Å²) in [6, 6.07) is 2.26. The Balaban J connectivity index is 0.000000381. The van der Waals surface area contributed by atoms with Crippen molar-refractivity contribution in [1.29, 1.82) is 0 Å². The molecule has 4 aliphatic heterocycles.